The zero-order valence-electron chi connectivity index (χ0n) is 18.9. The molecule has 2 aromatic heterocycles. The van der Waals surface area contributed by atoms with Crippen molar-refractivity contribution in [2.45, 2.75) is 11.3 Å². The molecule has 0 saturated heterocycles. The molecule has 0 radical (unpaired) electrons. The summed E-state index contributed by atoms with van der Waals surface area (Å²) < 4.78 is 17.1. The van der Waals surface area contributed by atoms with E-state index in [2.05, 4.69) is 29.6 Å². The van der Waals surface area contributed by atoms with Crippen molar-refractivity contribution < 1.29 is 13.3 Å². The monoisotopic (exact) mass is 485 g/mol. The Bertz CT molecular complexity index is 1650. The van der Waals surface area contributed by atoms with Gasteiger partial charge >= 0.3 is 11.3 Å². The molecule has 176 valence electrons. The Labute approximate surface area is 204 Å². The summed E-state index contributed by atoms with van der Waals surface area (Å²) in [6, 6.07) is 25.5. The summed E-state index contributed by atoms with van der Waals surface area (Å²) in [5, 5.41) is 4.99. The van der Waals surface area contributed by atoms with E-state index in [1.165, 1.54) is 5.56 Å². The van der Waals surface area contributed by atoms with Gasteiger partial charge in [-0.15, -0.1) is 11.8 Å². The standard InChI is InChI=1S/C28H23NO5S/c30-26-12-13-27(31)34-28-21-18-25(35-17-16-29-15-14-19-6-2-1-3-7-19)20-8-4-5-9-22(20)32-23(21)10-11-24(28)33-26/h1-13,18,29H,14-17H2. The van der Waals surface area contributed by atoms with Gasteiger partial charge in [-0.1, -0.05) is 48.5 Å². The molecule has 1 N–H and O–H groups in total. The fourth-order valence-corrected chi connectivity index (χ4v) is 4.82. The van der Waals surface area contributed by atoms with E-state index < -0.39 is 11.3 Å². The van der Waals surface area contributed by atoms with Crippen molar-refractivity contribution in [2.24, 2.45) is 0 Å². The van der Waals surface area contributed by atoms with Gasteiger partial charge in [-0.25, -0.2) is 9.59 Å². The first-order chi connectivity index (χ1) is 17.2. The Morgan fingerprint density at radius 2 is 1.37 bits per heavy atom. The lowest BCUT2D eigenvalue weighted by molar-refractivity contribution is 0.521. The van der Waals surface area contributed by atoms with Crippen molar-refractivity contribution in [2.75, 3.05) is 18.8 Å². The third-order valence-electron chi connectivity index (χ3n) is 5.51. The van der Waals surface area contributed by atoms with Gasteiger partial charge in [0.1, 0.15) is 11.2 Å². The van der Waals surface area contributed by atoms with Crippen LogP contribution >= 0.6 is 11.8 Å². The average molecular weight is 486 g/mol. The molecule has 35 heavy (non-hydrogen) atoms. The van der Waals surface area contributed by atoms with Crippen molar-refractivity contribution in [1.82, 2.24) is 5.32 Å². The van der Waals surface area contributed by atoms with Crippen molar-refractivity contribution in [1.29, 1.82) is 0 Å². The molecule has 5 aromatic rings. The van der Waals surface area contributed by atoms with Gasteiger partial charge in [0.25, 0.3) is 0 Å². The maximum absolute atomic E-state index is 12.2. The average Bonchev–Trinajstić information content (AvgIpc) is 3.03. The SMILES string of the molecule is O=c1ccc(=O)oc2c(ccc3oc4ccccc4c(SCCNCCc4ccccc4)cc32)o1. The zero-order valence-corrected chi connectivity index (χ0v) is 19.7. The number of para-hydroxylation sites is 1. The fourth-order valence-electron chi connectivity index (χ4n) is 3.83. The molecule has 3 aromatic carbocycles. The van der Waals surface area contributed by atoms with E-state index in [1.54, 1.807) is 23.9 Å². The minimum atomic E-state index is -0.650. The topological polar surface area (TPSA) is 85.6 Å². The molecular formula is C28H23NO5S. The molecule has 0 saturated carbocycles. The Hall–Kier alpha value is -3.81. The molecule has 0 unspecified atom stereocenters. The highest BCUT2D eigenvalue weighted by molar-refractivity contribution is 7.99. The van der Waals surface area contributed by atoms with E-state index in [9.17, 15) is 9.59 Å². The van der Waals surface area contributed by atoms with Crippen LogP contribution in [-0.2, 0) is 6.42 Å². The van der Waals surface area contributed by atoms with Gasteiger partial charge in [-0.2, -0.15) is 0 Å². The molecule has 0 amide bonds. The van der Waals surface area contributed by atoms with Crippen LogP contribution in [0, 0.1) is 0 Å². The molecule has 2 heterocycles. The summed E-state index contributed by atoms with van der Waals surface area (Å²) in [4.78, 5) is 25.1. The molecule has 0 aliphatic rings. The van der Waals surface area contributed by atoms with Crippen LogP contribution in [0.5, 0.6) is 0 Å². The predicted octanol–water partition coefficient (Wildman–Crippen LogP) is 5.69. The normalized spacial score (nSPS) is 11.2. The van der Waals surface area contributed by atoms with Crippen molar-refractivity contribution in [3.05, 3.63) is 111 Å². The van der Waals surface area contributed by atoms with E-state index in [1.807, 2.05) is 36.4 Å². The summed E-state index contributed by atoms with van der Waals surface area (Å²) in [6.45, 7) is 1.73. The van der Waals surface area contributed by atoms with Crippen LogP contribution in [0.3, 0.4) is 0 Å². The molecule has 5 rings (SSSR count). The van der Waals surface area contributed by atoms with Gasteiger partial charge in [0.05, 0.1) is 5.39 Å². The molecule has 7 heteroatoms. The second-order valence-corrected chi connectivity index (χ2v) is 9.06. The van der Waals surface area contributed by atoms with Gasteiger partial charge < -0.3 is 18.6 Å². The minimum absolute atomic E-state index is 0.164. The Balaban J connectivity index is 1.50. The minimum Gasteiger partial charge on any atom is -0.456 e. The quantitative estimate of drug-likeness (QED) is 0.234. The number of fused-ring (bicyclic) bond motifs is 4. The van der Waals surface area contributed by atoms with Gasteiger partial charge in [0.15, 0.2) is 11.2 Å². The number of hydrogen-bond acceptors (Lipinski definition) is 7. The summed E-state index contributed by atoms with van der Waals surface area (Å²) in [5.41, 5.74) is 1.58. The summed E-state index contributed by atoms with van der Waals surface area (Å²) >= 11 is 1.68. The number of thioether (sulfide) groups is 1. The summed E-state index contributed by atoms with van der Waals surface area (Å²) in [7, 11) is 0. The van der Waals surface area contributed by atoms with Crippen LogP contribution in [0.4, 0.5) is 0 Å². The zero-order chi connectivity index (χ0) is 24.0. The number of benzene rings is 3. The largest absolute Gasteiger partial charge is 0.456 e. The Kier molecular flexibility index (Phi) is 6.97. The number of nitrogens with one attached hydrogen (secondary N) is 1. The van der Waals surface area contributed by atoms with Crippen LogP contribution in [0.2, 0.25) is 0 Å². The maximum atomic E-state index is 12.2. The van der Waals surface area contributed by atoms with Crippen molar-refractivity contribution >= 4 is 44.9 Å². The van der Waals surface area contributed by atoms with Gasteiger partial charge in [-0.05, 0) is 42.8 Å². The van der Waals surface area contributed by atoms with E-state index in [-0.39, 0.29) is 11.2 Å². The molecule has 0 aliphatic carbocycles. The highest BCUT2D eigenvalue weighted by atomic mass is 32.2. The first kappa shape index (κ1) is 23.0. The van der Waals surface area contributed by atoms with Crippen molar-refractivity contribution in [3.8, 4) is 0 Å². The van der Waals surface area contributed by atoms with Crippen LogP contribution in [-0.4, -0.2) is 18.8 Å². The highest BCUT2D eigenvalue weighted by Gasteiger charge is 2.11. The number of hydrogen-bond donors (Lipinski definition) is 1. The number of rotatable bonds is 7. The third kappa shape index (κ3) is 5.48. The second kappa shape index (κ2) is 10.6. The van der Waals surface area contributed by atoms with Crippen LogP contribution in [0.15, 0.2) is 113 Å². The molecule has 0 fully saturated rings. The van der Waals surface area contributed by atoms with E-state index in [0.717, 1.165) is 47.7 Å². The molecule has 0 atom stereocenters. The molecule has 0 bridgehead atoms. The predicted molar refractivity (Wildman–Crippen MR) is 140 cm³/mol. The van der Waals surface area contributed by atoms with Gasteiger partial charge in [0, 0.05) is 34.7 Å². The second-order valence-electron chi connectivity index (χ2n) is 7.92. The fraction of sp³-hybridized carbons (Fsp3) is 0.143. The molecule has 6 nitrogen and oxygen atoms in total. The Morgan fingerprint density at radius 3 is 2.23 bits per heavy atom. The maximum Gasteiger partial charge on any atom is 0.336 e. The van der Waals surface area contributed by atoms with Crippen LogP contribution in [0.25, 0.3) is 33.1 Å². The van der Waals surface area contributed by atoms with E-state index in [0.29, 0.717) is 16.6 Å². The molecular weight excluding hydrogens is 462 g/mol. The van der Waals surface area contributed by atoms with Crippen LogP contribution in [0.1, 0.15) is 5.56 Å². The van der Waals surface area contributed by atoms with Gasteiger partial charge in [-0.3, -0.25) is 0 Å². The lowest BCUT2D eigenvalue weighted by atomic mass is 10.1. The smallest absolute Gasteiger partial charge is 0.336 e. The van der Waals surface area contributed by atoms with E-state index >= 15 is 0 Å². The van der Waals surface area contributed by atoms with E-state index in [4.69, 9.17) is 13.3 Å². The summed E-state index contributed by atoms with van der Waals surface area (Å²) in [5.74, 6) is 0.830. The Morgan fingerprint density at radius 1 is 0.657 bits per heavy atom. The van der Waals surface area contributed by atoms with Crippen molar-refractivity contribution in [3.63, 3.8) is 0 Å². The lowest BCUT2D eigenvalue weighted by Gasteiger charge is -2.06. The first-order valence-electron chi connectivity index (χ1n) is 11.3. The molecule has 0 spiro atoms. The summed E-state index contributed by atoms with van der Waals surface area (Å²) in [6.07, 6.45) is 0.975. The lowest BCUT2D eigenvalue weighted by Crippen LogP contribution is -2.20. The van der Waals surface area contributed by atoms with Crippen LogP contribution < -0.4 is 16.6 Å². The highest BCUT2D eigenvalue weighted by Crippen LogP contribution is 2.33. The third-order valence-corrected chi connectivity index (χ3v) is 6.56. The first-order valence-corrected chi connectivity index (χ1v) is 12.3. The molecule has 0 aliphatic heterocycles. The van der Waals surface area contributed by atoms with Gasteiger partial charge in [0.2, 0.25) is 0 Å².